The smallest absolute Gasteiger partial charge is 0.238 e. The molecule has 0 fully saturated rings. The second kappa shape index (κ2) is 8.84. The van der Waals surface area contributed by atoms with Crippen LogP contribution in [0.3, 0.4) is 0 Å². The van der Waals surface area contributed by atoms with Gasteiger partial charge < -0.3 is 5.32 Å². The van der Waals surface area contributed by atoms with Crippen LogP contribution in [0.25, 0.3) is 0 Å². The van der Waals surface area contributed by atoms with Gasteiger partial charge in [-0.05, 0) is 12.1 Å². The highest BCUT2D eigenvalue weighted by Crippen LogP contribution is 2.25. The van der Waals surface area contributed by atoms with E-state index in [0.29, 0.717) is 30.8 Å². The SMILES string of the molecule is CCC(=O)Nc1ccccc1N(CC(S)S)NC(=O)CC. The minimum absolute atomic E-state index is 0.0856. The molecule has 21 heavy (non-hydrogen) atoms. The van der Waals surface area contributed by atoms with E-state index in [9.17, 15) is 9.59 Å². The third kappa shape index (κ3) is 5.89. The zero-order valence-electron chi connectivity index (χ0n) is 12.2. The first-order valence-electron chi connectivity index (χ1n) is 6.80. The molecule has 2 N–H and O–H groups in total. The second-order valence-electron chi connectivity index (χ2n) is 4.40. The molecule has 0 radical (unpaired) electrons. The van der Waals surface area contributed by atoms with Crippen molar-refractivity contribution in [2.45, 2.75) is 31.3 Å². The number of carbonyl (C=O) groups is 2. The van der Waals surface area contributed by atoms with Gasteiger partial charge in [0.05, 0.1) is 22.5 Å². The molecular weight excluding hydrogens is 306 g/mol. The quantitative estimate of drug-likeness (QED) is 0.353. The van der Waals surface area contributed by atoms with Crippen LogP contribution in [0.2, 0.25) is 0 Å². The summed E-state index contributed by atoms with van der Waals surface area (Å²) in [5.41, 5.74) is 4.14. The van der Waals surface area contributed by atoms with Gasteiger partial charge in [0.2, 0.25) is 11.8 Å². The van der Waals surface area contributed by atoms with Crippen molar-refractivity contribution in [1.29, 1.82) is 0 Å². The van der Waals surface area contributed by atoms with E-state index in [1.165, 1.54) is 0 Å². The molecule has 0 spiro atoms. The normalized spacial score (nSPS) is 10.3. The molecule has 7 heteroatoms. The number of thiol groups is 2. The predicted octanol–water partition coefficient (Wildman–Crippen LogP) is 2.47. The number of nitrogens with zero attached hydrogens (tertiary/aromatic N) is 1. The number of hydrazine groups is 1. The molecule has 1 rings (SSSR count). The lowest BCUT2D eigenvalue weighted by molar-refractivity contribution is -0.121. The molecule has 1 aromatic rings. The molecule has 5 nitrogen and oxygen atoms in total. The fourth-order valence-corrected chi connectivity index (χ4v) is 1.98. The van der Waals surface area contributed by atoms with Crippen LogP contribution in [0.15, 0.2) is 24.3 Å². The van der Waals surface area contributed by atoms with Crippen LogP contribution >= 0.6 is 25.3 Å². The molecule has 0 bridgehead atoms. The summed E-state index contributed by atoms with van der Waals surface area (Å²) in [6, 6.07) is 7.28. The van der Waals surface area contributed by atoms with Crippen molar-refractivity contribution in [2.24, 2.45) is 0 Å². The average molecular weight is 327 g/mol. The van der Waals surface area contributed by atoms with Crippen molar-refractivity contribution in [3.63, 3.8) is 0 Å². The first-order chi connectivity index (χ1) is 9.97. The molecule has 0 unspecified atom stereocenters. The van der Waals surface area contributed by atoms with Crippen LogP contribution in [0.5, 0.6) is 0 Å². The molecule has 0 heterocycles. The Kier molecular flexibility index (Phi) is 7.45. The summed E-state index contributed by atoms with van der Waals surface area (Å²) >= 11 is 8.49. The Hall–Kier alpha value is -1.34. The Morgan fingerprint density at radius 3 is 2.33 bits per heavy atom. The van der Waals surface area contributed by atoms with Crippen LogP contribution in [-0.2, 0) is 9.59 Å². The van der Waals surface area contributed by atoms with E-state index in [-0.39, 0.29) is 16.4 Å². The van der Waals surface area contributed by atoms with Gasteiger partial charge in [0, 0.05) is 12.8 Å². The molecule has 0 aliphatic rings. The van der Waals surface area contributed by atoms with Crippen LogP contribution in [-0.4, -0.2) is 22.9 Å². The molecule has 0 saturated heterocycles. The van der Waals surface area contributed by atoms with E-state index < -0.39 is 0 Å². The average Bonchev–Trinajstić information content (AvgIpc) is 2.46. The van der Waals surface area contributed by atoms with Crippen LogP contribution in [0.1, 0.15) is 26.7 Å². The van der Waals surface area contributed by atoms with E-state index >= 15 is 0 Å². The van der Waals surface area contributed by atoms with E-state index in [4.69, 9.17) is 0 Å². The van der Waals surface area contributed by atoms with Gasteiger partial charge in [0.25, 0.3) is 0 Å². The number of hydrogen-bond donors (Lipinski definition) is 4. The van der Waals surface area contributed by atoms with E-state index in [1.807, 2.05) is 18.2 Å². The highest BCUT2D eigenvalue weighted by molar-refractivity contribution is 7.99. The van der Waals surface area contributed by atoms with E-state index in [2.05, 4.69) is 36.0 Å². The number of nitrogens with one attached hydrogen (secondary N) is 2. The third-order valence-corrected chi connectivity index (χ3v) is 3.04. The standard InChI is InChI=1S/C14H21N3O2S2/c1-3-12(18)15-10-7-5-6-8-11(10)17(9-14(20)21)16-13(19)4-2/h5-8,14,20-21H,3-4,9H2,1-2H3,(H,15,18)(H,16,19). The van der Waals surface area contributed by atoms with Crippen LogP contribution in [0.4, 0.5) is 11.4 Å². The van der Waals surface area contributed by atoms with Crippen molar-refractivity contribution in [3.05, 3.63) is 24.3 Å². The molecule has 2 amide bonds. The molecule has 0 aliphatic carbocycles. The summed E-state index contributed by atoms with van der Waals surface area (Å²) < 4.78 is -0.239. The van der Waals surface area contributed by atoms with Crippen LogP contribution in [0, 0.1) is 0 Å². The van der Waals surface area contributed by atoms with Gasteiger partial charge >= 0.3 is 0 Å². The molecule has 0 aromatic heterocycles. The minimum atomic E-state index is -0.239. The third-order valence-electron chi connectivity index (χ3n) is 2.72. The lowest BCUT2D eigenvalue weighted by Crippen LogP contribution is -2.45. The highest BCUT2D eigenvalue weighted by Gasteiger charge is 2.16. The Morgan fingerprint density at radius 1 is 1.14 bits per heavy atom. The lowest BCUT2D eigenvalue weighted by Gasteiger charge is -2.28. The molecule has 1 aromatic carbocycles. The Balaban J connectivity index is 3.05. The summed E-state index contributed by atoms with van der Waals surface area (Å²) in [6.45, 7) is 3.96. The maximum Gasteiger partial charge on any atom is 0.238 e. The number of amides is 2. The van der Waals surface area contributed by atoms with Gasteiger partial charge in [-0.25, -0.2) is 0 Å². The fourth-order valence-electron chi connectivity index (χ4n) is 1.65. The molecule has 0 atom stereocenters. The summed E-state index contributed by atoms with van der Waals surface area (Å²) in [6.07, 6.45) is 0.751. The Bertz CT molecular complexity index is 495. The van der Waals surface area contributed by atoms with Crippen molar-refractivity contribution in [1.82, 2.24) is 5.43 Å². The topological polar surface area (TPSA) is 61.4 Å². The number of anilines is 2. The predicted molar refractivity (Wildman–Crippen MR) is 92.9 cm³/mol. The van der Waals surface area contributed by atoms with Crippen molar-refractivity contribution in [3.8, 4) is 0 Å². The lowest BCUT2D eigenvalue weighted by atomic mass is 10.2. The fraction of sp³-hybridized carbons (Fsp3) is 0.429. The molecule has 0 saturated carbocycles. The van der Waals surface area contributed by atoms with Gasteiger partial charge in [-0.2, -0.15) is 25.3 Å². The zero-order chi connectivity index (χ0) is 15.8. The Labute approximate surface area is 136 Å². The first kappa shape index (κ1) is 17.7. The van der Waals surface area contributed by atoms with Gasteiger partial charge in [0.1, 0.15) is 0 Å². The number of rotatable bonds is 7. The number of hydrogen-bond acceptors (Lipinski definition) is 5. The first-order valence-corrected chi connectivity index (χ1v) is 7.83. The van der Waals surface area contributed by atoms with E-state index in [0.717, 1.165) is 0 Å². The van der Waals surface area contributed by atoms with Crippen LogP contribution < -0.4 is 15.8 Å². The monoisotopic (exact) mass is 327 g/mol. The van der Waals surface area contributed by atoms with Crippen molar-refractivity contribution >= 4 is 48.4 Å². The number of benzene rings is 1. The minimum Gasteiger partial charge on any atom is -0.324 e. The molecule has 0 aliphatic heterocycles. The number of para-hydroxylation sites is 2. The van der Waals surface area contributed by atoms with Gasteiger partial charge in [0.15, 0.2) is 0 Å². The van der Waals surface area contributed by atoms with Crippen molar-refractivity contribution < 1.29 is 9.59 Å². The van der Waals surface area contributed by atoms with Gasteiger partial charge in [-0.15, -0.1) is 0 Å². The van der Waals surface area contributed by atoms with Gasteiger partial charge in [-0.3, -0.25) is 20.0 Å². The summed E-state index contributed by atoms with van der Waals surface area (Å²) in [5, 5.41) is 4.48. The summed E-state index contributed by atoms with van der Waals surface area (Å²) in [4.78, 5) is 23.3. The van der Waals surface area contributed by atoms with E-state index in [1.54, 1.807) is 24.9 Å². The van der Waals surface area contributed by atoms with Gasteiger partial charge in [-0.1, -0.05) is 26.0 Å². The highest BCUT2D eigenvalue weighted by atomic mass is 32.2. The summed E-state index contributed by atoms with van der Waals surface area (Å²) in [7, 11) is 0. The summed E-state index contributed by atoms with van der Waals surface area (Å²) in [5.74, 6) is -0.202. The maximum atomic E-state index is 11.7. The molecule has 116 valence electrons. The maximum absolute atomic E-state index is 11.7. The largest absolute Gasteiger partial charge is 0.324 e. The van der Waals surface area contributed by atoms with Crippen molar-refractivity contribution in [2.75, 3.05) is 16.9 Å². The molecular formula is C14H21N3O2S2. The number of carbonyl (C=O) groups excluding carboxylic acids is 2. The Morgan fingerprint density at radius 2 is 1.76 bits per heavy atom. The zero-order valence-corrected chi connectivity index (χ0v) is 14.0. The second-order valence-corrected chi connectivity index (χ2v) is 6.05.